The molecule has 0 aromatic carbocycles. The van der Waals surface area contributed by atoms with Crippen molar-refractivity contribution < 1.29 is 9.90 Å². The molecule has 2 fully saturated rings. The fourth-order valence-corrected chi connectivity index (χ4v) is 4.61. The highest BCUT2D eigenvalue weighted by atomic mass is 16.3. The number of carbonyl (C=O) groups excluding carboxylic acids is 1. The highest BCUT2D eigenvalue weighted by Crippen LogP contribution is 2.28. The Balaban J connectivity index is 1.69. The van der Waals surface area contributed by atoms with Gasteiger partial charge in [0.2, 0.25) is 0 Å². The SMILES string of the molecule is CCc1[nH]nc(C(=O)N2CCC(N3CCN(C)CC3)C(CCCO)C2)c1C. The van der Waals surface area contributed by atoms with Crippen LogP contribution >= 0.6 is 0 Å². The Bertz CT molecular complexity index is 624. The van der Waals surface area contributed by atoms with Gasteiger partial charge in [0.1, 0.15) is 0 Å². The van der Waals surface area contributed by atoms with E-state index in [1.54, 1.807) is 0 Å². The van der Waals surface area contributed by atoms with Crippen LogP contribution in [0.4, 0.5) is 0 Å². The van der Waals surface area contributed by atoms with Gasteiger partial charge in [-0.2, -0.15) is 5.10 Å². The number of hydrogen-bond donors (Lipinski definition) is 2. The molecule has 0 radical (unpaired) electrons. The van der Waals surface area contributed by atoms with E-state index in [-0.39, 0.29) is 12.5 Å². The van der Waals surface area contributed by atoms with Crippen molar-refractivity contribution in [2.75, 3.05) is 52.9 Å². The number of nitrogens with zero attached hydrogens (tertiary/aromatic N) is 4. The summed E-state index contributed by atoms with van der Waals surface area (Å²) in [4.78, 5) is 20.0. The molecule has 2 atom stereocenters. The Labute approximate surface area is 162 Å². The first kappa shape index (κ1) is 20.3. The number of piperidine rings is 1. The minimum absolute atomic E-state index is 0.0503. The quantitative estimate of drug-likeness (QED) is 0.777. The molecule has 3 rings (SSSR count). The summed E-state index contributed by atoms with van der Waals surface area (Å²) in [5.41, 5.74) is 2.60. The van der Waals surface area contributed by atoms with Crippen molar-refractivity contribution in [3.8, 4) is 0 Å². The number of aromatic amines is 1. The van der Waals surface area contributed by atoms with Crippen LogP contribution in [0.5, 0.6) is 0 Å². The van der Waals surface area contributed by atoms with Gasteiger partial charge in [0.15, 0.2) is 5.69 Å². The van der Waals surface area contributed by atoms with Crippen LogP contribution in [0.3, 0.4) is 0 Å². The zero-order chi connectivity index (χ0) is 19.4. The smallest absolute Gasteiger partial charge is 0.274 e. The maximum atomic E-state index is 13.1. The molecule has 2 aliphatic heterocycles. The first-order chi connectivity index (χ1) is 13.0. The molecule has 0 bridgehead atoms. The Morgan fingerprint density at radius 2 is 2.00 bits per heavy atom. The Hall–Kier alpha value is -1.44. The topological polar surface area (TPSA) is 75.7 Å². The molecule has 1 amide bonds. The lowest BCUT2D eigenvalue weighted by atomic mass is 9.86. The van der Waals surface area contributed by atoms with Crippen LogP contribution in [0, 0.1) is 12.8 Å². The van der Waals surface area contributed by atoms with E-state index in [0.717, 1.165) is 76.2 Å². The number of aliphatic hydroxyl groups excluding tert-OH is 1. The van der Waals surface area contributed by atoms with Gasteiger partial charge >= 0.3 is 0 Å². The Kier molecular flexibility index (Phi) is 6.89. The molecular formula is C20H35N5O2. The van der Waals surface area contributed by atoms with Gasteiger partial charge in [0.05, 0.1) is 0 Å². The molecular weight excluding hydrogens is 342 g/mol. The normalized spacial score (nSPS) is 25.1. The molecule has 0 saturated carbocycles. The van der Waals surface area contributed by atoms with Crippen LogP contribution < -0.4 is 0 Å². The maximum absolute atomic E-state index is 13.1. The van der Waals surface area contributed by atoms with Gasteiger partial charge in [-0.1, -0.05) is 6.92 Å². The summed E-state index contributed by atoms with van der Waals surface area (Å²) >= 11 is 0. The van der Waals surface area contributed by atoms with Crippen molar-refractivity contribution >= 4 is 5.91 Å². The number of likely N-dealkylation sites (N-methyl/N-ethyl adjacent to an activating group) is 1. The molecule has 152 valence electrons. The van der Waals surface area contributed by atoms with Crippen molar-refractivity contribution in [2.45, 2.75) is 45.6 Å². The summed E-state index contributed by atoms with van der Waals surface area (Å²) in [5.74, 6) is 0.470. The van der Waals surface area contributed by atoms with Crippen LogP contribution in [0.1, 0.15) is 47.9 Å². The highest BCUT2D eigenvalue weighted by molar-refractivity contribution is 5.94. The number of aliphatic hydroxyl groups is 1. The maximum Gasteiger partial charge on any atom is 0.274 e. The van der Waals surface area contributed by atoms with Crippen LogP contribution in [-0.2, 0) is 6.42 Å². The third-order valence-electron chi connectivity index (χ3n) is 6.39. The van der Waals surface area contributed by atoms with Crippen molar-refractivity contribution in [1.82, 2.24) is 24.9 Å². The monoisotopic (exact) mass is 377 g/mol. The van der Waals surface area contributed by atoms with Crippen molar-refractivity contribution in [3.63, 3.8) is 0 Å². The van der Waals surface area contributed by atoms with Crippen LogP contribution in [-0.4, -0.2) is 94.9 Å². The van der Waals surface area contributed by atoms with Crippen molar-refractivity contribution in [3.05, 3.63) is 17.0 Å². The summed E-state index contributed by atoms with van der Waals surface area (Å²) in [6.07, 6.45) is 3.64. The minimum atomic E-state index is 0.0503. The van der Waals surface area contributed by atoms with E-state index in [1.807, 2.05) is 11.8 Å². The molecule has 0 spiro atoms. The predicted molar refractivity (Wildman–Crippen MR) is 106 cm³/mol. The van der Waals surface area contributed by atoms with Gasteiger partial charge in [-0.05, 0) is 45.6 Å². The van der Waals surface area contributed by atoms with Gasteiger partial charge in [-0.25, -0.2) is 0 Å². The molecule has 27 heavy (non-hydrogen) atoms. The van der Waals surface area contributed by atoms with E-state index >= 15 is 0 Å². The molecule has 2 saturated heterocycles. The molecule has 3 heterocycles. The number of likely N-dealkylation sites (tertiary alicyclic amines) is 1. The number of carbonyl (C=O) groups is 1. The number of nitrogens with one attached hydrogen (secondary N) is 1. The van der Waals surface area contributed by atoms with Gasteiger partial charge in [-0.3, -0.25) is 14.8 Å². The lowest BCUT2D eigenvalue weighted by molar-refractivity contribution is 0.0215. The average Bonchev–Trinajstić information content (AvgIpc) is 3.06. The summed E-state index contributed by atoms with van der Waals surface area (Å²) in [5, 5.41) is 16.6. The standard InChI is InChI=1S/C20H35N5O2/c1-4-17-15(2)19(22-21-17)20(27)25-8-7-18(16(14-25)6-5-13-26)24-11-9-23(3)10-12-24/h16,18,26H,4-14H2,1-3H3,(H,21,22). The van der Waals surface area contributed by atoms with E-state index in [9.17, 15) is 9.90 Å². The highest BCUT2D eigenvalue weighted by Gasteiger charge is 2.36. The molecule has 2 unspecified atom stereocenters. The first-order valence-electron chi connectivity index (χ1n) is 10.4. The van der Waals surface area contributed by atoms with Crippen LogP contribution in [0.25, 0.3) is 0 Å². The number of H-pyrrole nitrogens is 1. The third-order valence-corrected chi connectivity index (χ3v) is 6.39. The van der Waals surface area contributed by atoms with E-state index in [1.165, 1.54) is 0 Å². The molecule has 2 N–H and O–H groups in total. The zero-order valence-electron chi connectivity index (χ0n) is 17.1. The summed E-state index contributed by atoms with van der Waals surface area (Å²) < 4.78 is 0. The van der Waals surface area contributed by atoms with Gasteiger partial charge < -0.3 is 14.9 Å². The van der Waals surface area contributed by atoms with Gasteiger partial charge in [0, 0.05) is 63.2 Å². The fourth-order valence-electron chi connectivity index (χ4n) is 4.61. The average molecular weight is 378 g/mol. The largest absolute Gasteiger partial charge is 0.396 e. The number of aryl methyl sites for hydroxylation is 1. The number of rotatable bonds is 6. The first-order valence-corrected chi connectivity index (χ1v) is 10.4. The molecule has 1 aromatic rings. The van der Waals surface area contributed by atoms with Gasteiger partial charge in [-0.15, -0.1) is 0 Å². The third kappa shape index (κ3) is 4.52. The Morgan fingerprint density at radius 1 is 1.26 bits per heavy atom. The molecule has 2 aliphatic rings. The Morgan fingerprint density at radius 3 is 2.63 bits per heavy atom. The van der Waals surface area contributed by atoms with Crippen molar-refractivity contribution in [2.24, 2.45) is 5.92 Å². The fraction of sp³-hybridized carbons (Fsp3) is 0.800. The lowest BCUT2D eigenvalue weighted by Gasteiger charge is -2.46. The van der Waals surface area contributed by atoms with E-state index in [4.69, 9.17) is 0 Å². The number of piperazine rings is 1. The van der Waals surface area contributed by atoms with Gasteiger partial charge in [0.25, 0.3) is 5.91 Å². The second-order valence-electron chi connectivity index (χ2n) is 8.10. The van der Waals surface area contributed by atoms with Crippen LogP contribution in [0.2, 0.25) is 0 Å². The van der Waals surface area contributed by atoms with E-state index < -0.39 is 0 Å². The second kappa shape index (κ2) is 9.17. The van der Waals surface area contributed by atoms with Crippen molar-refractivity contribution in [1.29, 1.82) is 0 Å². The molecule has 7 heteroatoms. The summed E-state index contributed by atoms with van der Waals surface area (Å²) in [6, 6.07) is 0.515. The van der Waals surface area contributed by atoms with Crippen LogP contribution in [0.15, 0.2) is 0 Å². The summed E-state index contributed by atoms with van der Waals surface area (Å²) in [6.45, 7) is 10.3. The lowest BCUT2D eigenvalue weighted by Crippen LogP contribution is -2.57. The number of hydrogen-bond acceptors (Lipinski definition) is 5. The predicted octanol–water partition coefficient (Wildman–Crippen LogP) is 1.13. The molecule has 7 nitrogen and oxygen atoms in total. The van der Waals surface area contributed by atoms with E-state index in [2.05, 4.69) is 34.0 Å². The van der Waals surface area contributed by atoms with E-state index in [0.29, 0.717) is 17.7 Å². The molecule has 0 aliphatic carbocycles. The minimum Gasteiger partial charge on any atom is -0.396 e. The second-order valence-corrected chi connectivity index (χ2v) is 8.10. The number of aromatic nitrogens is 2. The zero-order valence-corrected chi connectivity index (χ0v) is 17.1. The summed E-state index contributed by atoms with van der Waals surface area (Å²) in [7, 11) is 2.18. The number of amides is 1. The molecule has 1 aromatic heterocycles.